The molecule has 0 atom stereocenters. The highest BCUT2D eigenvalue weighted by Crippen LogP contribution is 2.57. The topological polar surface area (TPSA) is 20.2 Å². The smallest absolute Gasteiger partial charge is 0.0487 e. The molecule has 1 nitrogen and oxygen atoms in total. The van der Waals surface area contributed by atoms with E-state index in [0.717, 1.165) is 0 Å². The Morgan fingerprint density at radius 1 is 0.917 bits per heavy atom. The molecule has 3 aliphatic carbocycles. The maximum absolute atomic E-state index is 9.32. The van der Waals surface area contributed by atoms with E-state index in [1.807, 2.05) is 0 Å². The van der Waals surface area contributed by atoms with Gasteiger partial charge in [-0.15, -0.1) is 0 Å². The Balaban J connectivity index is 2.09. The summed E-state index contributed by atoms with van der Waals surface area (Å²) in [4.78, 5) is 0. The van der Waals surface area contributed by atoms with Crippen LogP contribution in [0.4, 0.5) is 0 Å². The van der Waals surface area contributed by atoms with Crippen molar-refractivity contribution in [3.63, 3.8) is 0 Å². The maximum atomic E-state index is 9.32. The Morgan fingerprint density at radius 2 is 1.33 bits per heavy atom. The minimum absolute atomic E-state index is 0.358. The van der Waals surface area contributed by atoms with E-state index < -0.39 is 0 Å². The molecule has 1 heteroatoms. The van der Waals surface area contributed by atoms with Gasteiger partial charge in [0.15, 0.2) is 0 Å². The molecule has 0 saturated heterocycles. The Bertz CT molecular complexity index is 129. The predicted molar refractivity (Wildman–Crippen MR) is 49.9 cm³/mol. The molecule has 3 saturated carbocycles. The van der Waals surface area contributed by atoms with Crippen LogP contribution in [0.5, 0.6) is 0 Å². The molecule has 1 N–H and O–H groups in total. The number of hydrogen-bond acceptors (Lipinski definition) is 1. The summed E-state index contributed by atoms with van der Waals surface area (Å²) in [5.74, 6) is 0. The maximum Gasteiger partial charge on any atom is 0.0487 e. The molecule has 0 amide bonds. The average Bonchev–Trinajstić information content (AvgIpc) is 2.21. The molecule has 0 radical (unpaired) electrons. The van der Waals surface area contributed by atoms with Crippen LogP contribution in [-0.4, -0.2) is 11.7 Å². The largest absolute Gasteiger partial charge is 0.396 e. The normalized spacial score (nSPS) is 46.5. The molecule has 0 unspecified atom stereocenters. The van der Waals surface area contributed by atoms with Gasteiger partial charge in [0.25, 0.3) is 0 Å². The lowest BCUT2D eigenvalue weighted by atomic mass is 9.53. The number of aliphatic hydroxyl groups excluding tert-OH is 1. The molecule has 0 aliphatic heterocycles. The van der Waals surface area contributed by atoms with Gasteiger partial charge in [-0.05, 0) is 49.4 Å². The average molecular weight is 168 g/mol. The van der Waals surface area contributed by atoms with Gasteiger partial charge in [-0.25, -0.2) is 0 Å². The molecule has 3 aliphatic rings. The zero-order chi connectivity index (χ0) is 8.66. The van der Waals surface area contributed by atoms with E-state index in [1.54, 1.807) is 0 Å². The first kappa shape index (κ1) is 8.55. The van der Waals surface area contributed by atoms with E-state index in [2.05, 4.69) is 6.92 Å². The first-order valence-electron chi connectivity index (χ1n) is 5.35. The second-order valence-corrected chi connectivity index (χ2v) is 5.01. The first-order valence-corrected chi connectivity index (χ1v) is 5.35. The first-order chi connectivity index (χ1) is 5.74. The molecule has 3 fully saturated rings. The van der Waals surface area contributed by atoms with Crippen LogP contribution in [0.25, 0.3) is 0 Å². The SMILES string of the molecule is CCC12CCC(CO)(CC1)CC2. The van der Waals surface area contributed by atoms with Gasteiger partial charge in [-0.3, -0.25) is 0 Å². The fourth-order valence-corrected chi connectivity index (χ4v) is 3.11. The van der Waals surface area contributed by atoms with Crippen molar-refractivity contribution in [3.05, 3.63) is 0 Å². The van der Waals surface area contributed by atoms with Crippen molar-refractivity contribution < 1.29 is 5.11 Å². The highest BCUT2D eigenvalue weighted by Gasteiger charge is 2.46. The minimum Gasteiger partial charge on any atom is -0.396 e. The van der Waals surface area contributed by atoms with E-state index >= 15 is 0 Å². The van der Waals surface area contributed by atoms with E-state index in [4.69, 9.17) is 0 Å². The van der Waals surface area contributed by atoms with Crippen LogP contribution >= 0.6 is 0 Å². The molecule has 2 bridgehead atoms. The van der Waals surface area contributed by atoms with Crippen LogP contribution in [0.15, 0.2) is 0 Å². The lowest BCUT2D eigenvalue weighted by Crippen LogP contribution is -2.43. The lowest BCUT2D eigenvalue weighted by Gasteiger charge is -2.52. The predicted octanol–water partition coefficient (Wildman–Crippen LogP) is 2.73. The van der Waals surface area contributed by atoms with Crippen molar-refractivity contribution in [3.8, 4) is 0 Å². The van der Waals surface area contributed by atoms with Crippen molar-refractivity contribution in [2.24, 2.45) is 10.8 Å². The van der Waals surface area contributed by atoms with Crippen molar-refractivity contribution >= 4 is 0 Å². The third kappa shape index (κ3) is 1.10. The fourth-order valence-electron chi connectivity index (χ4n) is 3.11. The molecule has 3 rings (SSSR count). The molecule has 0 heterocycles. The monoisotopic (exact) mass is 168 g/mol. The third-order valence-electron chi connectivity index (χ3n) is 4.64. The quantitative estimate of drug-likeness (QED) is 0.672. The Hall–Kier alpha value is -0.0400. The van der Waals surface area contributed by atoms with Crippen LogP contribution in [-0.2, 0) is 0 Å². The summed E-state index contributed by atoms with van der Waals surface area (Å²) < 4.78 is 0. The molecule has 0 spiro atoms. The van der Waals surface area contributed by atoms with Gasteiger partial charge in [0.05, 0.1) is 0 Å². The second-order valence-electron chi connectivity index (χ2n) is 5.01. The highest BCUT2D eigenvalue weighted by atomic mass is 16.3. The molecule has 12 heavy (non-hydrogen) atoms. The van der Waals surface area contributed by atoms with Gasteiger partial charge in [-0.2, -0.15) is 0 Å². The fraction of sp³-hybridized carbons (Fsp3) is 1.00. The van der Waals surface area contributed by atoms with Gasteiger partial charge in [0.2, 0.25) is 0 Å². The number of aliphatic hydroxyl groups is 1. The summed E-state index contributed by atoms with van der Waals surface area (Å²) in [6.07, 6.45) is 9.36. The molecule has 70 valence electrons. The van der Waals surface area contributed by atoms with E-state index in [-0.39, 0.29) is 0 Å². The third-order valence-corrected chi connectivity index (χ3v) is 4.64. The van der Waals surface area contributed by atoms with E-state index in [9.17, 15) is 5.11 Å². The summed E-state index contributed by atoms with van der Waals surface area (Å²) >= 11 is 0. The Kier molecular flexibility index (Phi) is 1.95. The molecule has 0 aromatic carbocycles. The van der Waals surface area contributed by atoms with Crippen molar-refractivity contribution in [1.82, 2.24) is 0 Å². The number of rotatable bonds is 2. The molecular formula is C11H20O. The Labute approximate surface area is 75.2 Å². The summed E-state index contributed by atoms with van der Waals surface area (Å²) in [5, 5.41) is 9.32. The van der Waals surface area contributed by atoms with E-state index in [0.29, 0.717) is 17.4 Å². The van der Waals surface area contributed by atoms with Crippen molar-refractivity contribution in [2.75, 3.05) is 6.61 Å². The Morgan fingerprint density at radius 3 is 1.67 bits per heavy atom. The van der Waals surface area contributed by atoms with Gasteiger partial charge in [0, 0.05) is 6.61 Å². The summed E-state index contributed by atoms with van der Waals surface area (Å²) in [5.41, 5.74) is 1.05. The summed E-state index contributed by atoms with van der Waals surface area (Å²) in [6, 6.07) is 0. The van der Waals surface area contributed by atoms with Crippen molar-refractivity contribution in [2.45, 2.75) is 51.9 Å². The van der Waals surface area contributed by atoms with Crippen LogP contribution < -0.4 is 0 Å². The molecule has 0 aromatic heterocycles. The number of hydrogen-bond donors (Lipinski definition) is 1. The van der Waals surface area contributed by atoms with Crippen LogP contribution in [0, 0.1) is 10.8 Å². The number of fused-ring (bicyclic) bond motifs is 3. The minimum atomic E-state index is 0.358. The zero-order valence-corrected chi connectivity index (χ0v) is 8.10. The highest BCUT2D eigenvalue weighted by molar-refractivity contribution is 4.98. The van der Waals surface area contributed by atoms with E-state index in [1.165, 1.54) is 44.9 Å². The zero-order valence-electron chi connectivity index (χ0n) is 8.10. The lowest BCUT2D eigenvalue weighted by molar-refractivity contribution is -0.0437. The summed E-state index contributed by atoms with van der Waals surface area (Å²) in [6.45, 7) is 2.77. The van der Waals surface area contributed by atoms with Gasteiger partial charge in [-0.1, -0.05) is 13.3 Å². The second kappa shape index (κ2) is 2.73. The van der Waals surface area contributed by atoms with Crippen LogP contribution in [0.3, 0.4) is 0 Å². The molecular weight excluding hydrogens is 148 g/mol. The summed E-state index contributed by atoms with van der Waals surface area (Å²) in [7, 11) is 0. The van der Waals surface area contributed by atoms with Crippen molar-refractivity contribution in [1.29, 1.82) is 0 Å². The molecule has 0 aromatic rings. The van der Waals surface area contributed by atoms with Gasteiger partial charge < -0.3 is 5.11 Å². The standard InChI is InChI=1S/C11H20O/c1-2-10-3-6-11(9-12,7-4-10)8-5-10/h12H,2-9H2,1H3. The van der Waals surface area contributed by atoms with Gasteiger partial charge >= 0.3 is 0 Å². The van der Waals surface area contributed by atoms with Crippen LogP contribution in [0.1, 0.15) is 51.9 Å². The van der Waals surface area contributed by atoms with Crippen LogP contribution in [0.2, 0.25) is 0 Å². The van der Waals surface area contributed by atoms with Gasteiger partial charge in [0.1, 0.15) is 0 Å².